The Morgan fingerprint density at radius 1 is 1.41 bits per heavy atom. The van der Waals surface area contributed by atoms with Crippen molar-refractivity contribution < 1.29 is 19.4 Å². The lowest BCUT2D eigenvalue weighted by molar-refractivity contribution is -0.144. The predicted molar refractivity (Wildman–Crippen MR) is 61.4 cm³/mol. The van der Waals surface area contributed by atoms with Crippen molar-refractivity contribution >= 4 is 11.8 Å². The molecule has 1 aromatic rings. The van der Waals surface area contributed by atoms with Gasteiger partial charge in [0.25, 0.3) is 0 Å². The number of ketones is 1. The second kappa shape index (κ2) is 4.57. The minimum Gasteiger partial charge on any atom is -0.479 e. The number of carbonyl (C=O) groups is 2. The first-order chi connectivity index (χ1) is 8.08. The number of Topliss-reactive ketones (excluding diaryl/α,β-unsaturated/α-hetero) is 1. The standard InChI is InChI=1S/C13H14O4/c1-8(13(15)16)17-10-5-6-11-9(7-10)3-2-4-12(11)14/h5-8H,2-4H2,1H3,(H,15,16). The average molecular weight is 234 g/mol. The van der Waals surface area contributed by atoms with Crippen LogP contribution in [0.2, 0.25) is 0 Å². The summed E-state index contributed by atoms with van der Waals surface area (Å²) < 4.78 is 5.27. The molecular weight excluding hydrogens is 220 g/mol. The molecule has 1 aliphatic rings. The van der Waals surface area contributed by atoms with E-state index in [-0.39, 0.29) is 5.78 Å². The minimum absolute atomic E-state index is 0.157. The number of rotatable bonds is 3. The molecule has 0 radical (unpaired) electrons. The van der Waals surface area contributed by atoms with Crippen LogP contribution >= 0.6 is 0 Å². The van der Waals surface area contributed by atoms with E-state index in [9.17, 15) is 9.59 Å². The Hall–Kier alpha value is -1.84. The molecule has 4 nitrogen and oxygen atoms in total. The van der Waals surface area contributed by atoms with Crippen molar-refractivity contribution in [2.24, 2.45) is 0 Å². The molecule has 0 bridgehead atoms. The molecule has 1 unspecified atom stereocenters. The number of carbonyl (C=O) groups excluding carboxylic acids is 1. The monoisotopic (exact) mass is 234 g/mol. The highest BCUT2D eigenvalue weighted by molar-refractivity contribution is 5.98. The Balaban J connectivity index is 2.21. The smallest absolute Gasteiger partial charge is 0.344 e. The molecule has 90 valence electrons. The van der Waals surface area contributed by atoms with Gasteiger partial charge in [0, 0.05) is 12.0 Å². The fourth-order valence-electron chi connectivity index (χ4n) is 1.95. The van der Waals surface area contributed by atoms with Gasteiger partial charge in [0.1, 0.15) is 5.75 Å². The van der Waals surface area contributed by atoms with Gasteiger partial charge in [0.15, 0.2) is 11.9 Å². The van der Waals surface area contributed by atoms with Gasteiger partial charge in [-0.3, -0.25) is 4.79 Å². The van der Waals surface area contributed by atoms with Crippen molar-refractivity contribution in [2.45, 2.75) is 32.3 Å². The Labute approximate surface area is 99.2 Å². The molecule has 0 saturated heterocycles. The van der Waals surface area contributed by atoms with E-state index in [1.54, 1.807) is 18.2 Å². The third kappa shape index (κ3) is 2.46. The molecule has 1 aromatic carbocycles. The summed E-state index contributed by atoms with van der Waals surface area (Å²) >= 11 is 0. The molecule has 1 aliphatic carbocycles. The van der Waals surface area contributed by atoms with Crippen molar-refractivity contribution in [3.05, 3.63) is 29.3 Å². The summed E-state index contributed by atoms with van der Waals surface area (Å²) in [5.74, 6) is -0.337. The van der Waals surface area contributed by atoms with Crippen LogP contribution in [-0.2, 0) is 11.2 Å². The van der Waals surface area contributed by atoms with E-state index in [1.165, 1.54) is 6.92 Å². The third-order valence-corrected chi connectivity index (χ3v) is 2.89. The van der Waals surface area contributed by atoms with Gasteiger partial charge in [0.2, 0.25) is 0 Å². The largest absolute Gasteiger partial charge is 0.479 e. The van der Waals surface area contributed by atoms with Crippen molar-refractivity contribution in [3.63, 3.8) is 0 Å². The lowest BCUT2D eigenvalue weighted by Crippen LogP contribution is -2.23. The Morgan fingerprint density at radius 2 is 2.18 bits per heavy atom. The highest BCUT2D eigenvalue weighted by Gasteiger charge is 2.18. The van der Waals surface area contributed by atoms with E-state index < -0.39 is 12.1 Å². The molecule has 0 heterocycles. The van der Waals surface area contributed by atoms with Crippen LogP contribution in [0.4, 0.5) is 0 Å². The number of carboxylic acids is 1. The number of aryl methyl sites for hydroxylation is 1. The van der Waals surface area contributed by atoms with Gasteiger partial charge in [-0.05, 0) is 43.5 Å². The number of benzene rings is 1. The normalized spacial score (nSPS) is 16.2. The van der Waals surface area contributed by atoms with Gasteiger partial charge in [-0.2, -0.15) is 0 Å². The van der Waals surface area contributed by atoms with E-state index in [2.05, 4.69) is 0 Å². The molecule has 1 N–H and O–H groups in total. The number of fused-ring (bicyclic) bond motifs is 1. The van der Waals surface area contributed by atoms with E-state index in [4.69, 9.17) is 9.84 Å². The highest BCUT2D eigenvalue weighted by Crippen LogP contribution is 2.25. The van der Waals surface area contributed by atoms with Crippen LogP contribution in [0.15, 0.2) is 18.2 Å². The quantitative estimate of drug-likeness (QED) is 0.869. The Morgan fingerprint density at radius 3 is 2.88 bits per heavy atom. The van der Waals surface area contributed by atoms with Crippen LogP contribution in [0, 0.1) is 0 Å². The molecule has 0 spiro atoms. The van der Waals surface area contributed by atoms with Crippen LogP contribution in [-0.4, -0.2) is 23.0 Å². The average Bonchev–Trinajstić information content (AvgIpc) is 2.29. The molecule has 0 fully saturated rings. The zero-order valence-corrected chi connectivity index (χ0v) is 9.60. The topological polar surface area (TPSA) is 63.6 Å². The summed E-state index contributed by atoms with van der Waals surface area (Å²) in [6.45, 7) is 1.48. The molecule has 2 rings (SSSR count). The lowest BCUT2D eigenvalue weighted by Gasteiger charge is -2.17. The number of aliphatic carboxylic acids is 1. The van der Waals surface area contributed by atoms with Crippen LogP contribution < -0.4 is 4.74 Å². The van der Waals surface area contributed by atoms with E-state index in [0.717, 1.165) is 24.0 Å². The van der Waals surface area contributed by atoms with Crippen molar-refractivity contribution in [1.82, 2.24) is 0 Å². The number of hydrogen-bond donors (Lipinski definition) is 1. The second-order valence-electron chi connectivity index (χ2n) is 4.19. The zero-order chi connectivity index (χ0) is 12.4. The molecule has 17 heavy (non-hydrogen) atoms. The van der Waals surface area contributed by atoms with Gasteiger partial charge >= 0.3 is 5.97 Å². The van der Waals surface area contributed by atoms with E-state index in [0.29, 0.717) is 12.2 Å². The fraction of sp³-hybridized carbons (Fsp3) is 0.385. The van der Waals surface area contributed by atoms with Crippen molar-refractivity contribution in [2.75, 3.05) is 0 Å². The maximum Gasteiger partial charge on any atom is 0.344 e. The molecule has 0 aromatic heterocycles. The molecule has 1 atom stereocenters. The molecule has 0 amide bonds. The van der Waals surface area contributed by atoms with Gasteiger partial charge in [-0.15, -0.1) is 0 Å². The van der Waals surface area contributed by atoms with Gasteiger partial charge in [-0.25, -0.2) is 4.79 Å². The van der Waals surface area contributed by atoms with Crippen LogP contribution in [0.5, 0.6) is 5.75 Å². The summed E-state index contributed by atoms with van der Waals surface area (Å²) in [4.78, 5) is 22.3. The SMILES string of the molecule is CC(Oc1ccc2c(c1)CCCC2=O)C(=O)O. The first-order valence-corrected chi connectivity index (χ1v) is 5.63. The molecule has 0 saturated carbocycles. The minimum atomic E-state index is -1.00. The predicted octanol–water partition coefficient (Wildman–Crippen LogP) is 2.06. The fourth-order valence-corrected chi connectivity index (χ4v) is 1.95. The Kier molecular flexibility index (Phi) is 3.13. The maximum absolute atomic E-state index is 11.6. The van der Waals surface area contributed by atoms with Crippen LogP contribution in [0.1, 0.15) is 35.7 Å². The highest BCUT2D eigenvalue weighted by atomic mass is 16.5. The van der Waals surface area contributed by atoms with Gasteiger partial charge in [-0.1, -0.05) is 0 Å². The third-order valence-electron chi connectivity index (χ3n) is 2.89. The second-order valence-corrected chi connectivity index (χ2v) is 4.19. The summed E-state index contributed by atoms with van der Waals surface area (Å²) in [5.41, 5.74) is 1.70. The molecule has 4 heteroatoms. The van der Waals surface area contributed by atoms with Gasteiger partial charge in [0.05, 0.1) is 0 Å². The van der Waals surface area contributed by atoms with Gasteiger partial charge < -0.3 is 9.84 Å². The summed E-state index contributed by atoms with van der Waals surface area (Å²) in [5, 5.41) is 8.74. The van der Waals surface area contributed by atoms with E-state index in [1.807, 2.05) is 0 Å². The van der Waals surface area contributed by atoms with Crippen molar-refractivity contribution in [1.29, 1.82) is 0 Å². The number of carboxylic acid groups (broad SMARTS) is 1. The van der Waals surface area contributed by atoms with Crippen LogP contribution in [0.3, 0.4) is 0 Å². The summed E-state index contributed by atoms with van der Waals surface area (Å²) in [6.07, 6.45) is 1.41. The first-order valence-electron chi connectivity index (χ1n) is 5.63. The van der Waals surface area contributed by atoms with Crippen molar-refractivity contribution in [3.8, 4) is 5.75 Å². The first kappa shape index (κ1) is 11.6. The molecular formula is C13H14O4. The summed E-state index contributed by atoms with van der Waals surface area (Å²) in [6, 6.07) is 5.15. The number of hydrogen-bond acceptors (Lipinski definition) is 3. The summed E-state index contributed by atoms with van der Waals surface area (Å²) in [7, 11) is 0. The number of ether oxygens (including phenoxy) is 1. The van der Waals surface area contributed by atoms with E-state index >= 15 is 0 Å². The maximum atomic E-state index is 11.6. The molecule has 0 aliphatic heterocycles. The lowest BCUT2D eigenvalue weighted by atomic mass is 9.90. The Bertz CT molecular complexity index is 464. The van der Waals surface area contributed by atoms with Crippen LogP contribution in [0.25, 0.3) is 0 Å². The zero-order valence-electron chi connectivity index (χ0n) is 9.60.